The summed E-state index contributed by atoms with van der Waals surface area (Å²) in [5, 5.41) is 13.0. The summed E-state index contributed by atoms with van der Waals surface area (Å²) in [4.78, 5) is 0. The summed E-state index contributed by atoms with van der Waals surface area (Å²) in [5.41, 5.74) is 2.63. The number of nitrogens with zero attached hydrogens (tertiary/aromatic N) is 1. The molecular weight excluding hydrogens is 362 g/mol. The lowest BCUT2D eigenvalue weighted by Crippen LogP contribution is -1.89. The molecule has 7 aromatic rings. The third-order valence-electron chi connectivity index (χ3n) is 6.68. The van der Waals surface area contributed by atoms with Crippen LogP contribution in [0.2, 0.25) is 0 Å². The Balaban J connectivity index is 1.71. The summed E-state index contributed by atoms with van der Waals surface area (Å²) in [5.74, 6) is 0. The summed E-state index contributed by atoms with van der Waals surface area (Å²) in [6, 6.07) is 35.7. The predicted molar refractivity (Wildman–Crippen MR) is 130 cm³/mol. The summed E-state index contributed by atoms with van der Waals surface area (Å²) in [6.07, 6.45) is 0. The Hall–Kier alpha value is -3.84. The Labute approximate surface area is 173 Å². The molecule has 0 N–H and O–H groups in total. The molecule has 0 unspecified atom stereocenters. The first-order valence-corrected chi connectivity index (χ1v) is 10.4. The Kier molecular flexibility index (Phi) is 2.99. The molecule has 1 heterocycles. The molecule has 1 nitrogen and oxygen atoms in total. The van der Waals surface area contributed by atoms with Gasteiger partial charge in [0.15, 0.2) is 0 Å². The Morgan fingerprint density at radius 3 is 1.23 bits per heavy atom. The molecule has 0 spiro atoms. The van der Waals surface area contributed by atoms with Crippen LogP contribution in [0.15, 0.2) is 97.1 Å². The fourth-order valence-electron chi connectivity index (χ4n) is 5.27. The van der Waals surface area contributed by atoms with Gasteiger partial charge in [-0.15, -0.1) is 0 Å². The zero-order valence-electron chi connectivity index (χ0n) is 16.7. The average molecular weight is 381 g/mol. The number of hydrogen-bond acceptors (Lipinski definition) is 0. The third kappa shape index (κ3) is 2.02. The zero-order valence-corrected chi connectivity index (χ0v) is 16.7. The molecular formula is C29H19N. The number of fused-ring (bicyclic) bond motifs is 9. The largest absolute Gasteiger partial charge is 0.343 e. The van der Waals surface area contributed by atoms with Gasteiger partial charge < -0.3 is 4.57 Å². The highest BCUT2D eigenvalue weighted by atomic mass is 14.9. The van der Waals surface area contributed by atoms with E-state index in [0.29, 0.717) is 0 Å². The highest BCUT2D eigenvalue weighted by Gasteiger charge is 2.14. The quantitative estimate of drug-likeness (QED) is 0.235. The maximum atomic E-state index is 2.40. The van der Waals surface area contributed by atoms with E-state index in [0.717, 1.165) is 0 Å². The number of aromatic nitrogens is 1. The molecule has 0 atom stereocenters. The van der Waals surface area contributed by atoms with E-state index in [9.17, 15) is 0 Å². The second-order valence-corrected chi connectivity index (χ2v) is 8.32. The summed E-state index contributed by atoms with van der Waals surface area (Å²) >= 11 is 0. The molecule has 0 bridgehead atoms. The lowest BCUT2D eigenvalue weighted by molar-refractivity contribution is 1.02. The van der Waals surface area contributed by atoms with Crippen molar-refractivity contribution in [3.63, 3.8) is 0 Å². The van der Waals surface area contributed by atoms with Crippen molar-refractivity contribution in [2.45, 2.75) is 0 Å². The van der Waals surface area contributed by atoms with E-state index in [-0.39, 0.29) is 0 Å². The summed E-state index contributed by atoms with van der Waals surface area (Å²) in [7, 11) is 2.22. The second-order valence-electron chi connectivity index (χ2n) is 8.32. The SMILES string of the molecule is Cn1c2c3cc4ccccc4cc3ccc2c2ccc3cc4ccccc4cc3c21. The van der Waals surface area contributed by atoms with Crippen LogP contribution in [0.4, 0.5) is 0 Å². The number of benzene rings is 6. The fraction of sp³-hybridized carbons (Fsp3) is 0.0345. The van der Waals surface area contributed by atoms with Gasteiger partial charge in [0.05, 0.1) is 11.0 Å². The van der Waals surface area contributed by atoms with Crippen molar-refractivity contribution in [2.24, 2.45) is 7.05 Å². The highest BCUT2D eigenvalue weighted by molar-refractivity contribution is 6.24. The molecule has 0 aliphatic carbocycles. The van der Waals surface area contributed by atoms with E-state index in [1.807, 2.05) is 0 Å². The van der Waals surface area contributed by atoms with Crippen LogP contribution in [0, 0.1) is 0 Å². The Bertz CT molecular complexity index is 1670. The smallest absolute Gasteiger partial charge is 0.0568 e. The van der Waals surface area contributed by atoms with Gasteiger partial charge in [0.2, 0.25) is 0 Å². The van der Waals surface area contributed by atoms with Crippen LogP contribution in [0.1, 0.15) is 0 Å². The molecule has 0 fully saturated rings. The number of rotatable bonds is 0. The van der Waals surface area contributed by atoms with Crippen molar-refractivity contribution >= 4 is 64.9 Å². The maximum Gasteiger partial charge on any atom is 0.0568 e. The summed E-state index contributed by atoms with van der Waals surface area (Å²) < 4.78 is 2.40. The van der Waals surface area contributed by atoms with Gasteiger partial charge in [-0.3, -0.25) is 0 Å². The van der Waals surface area contributed by atoms with Crippen LogP contribution >= 0.6 is 0 Å². The van der Waals surface area contributed by atoms with Crippen LogP contribution in [-0.4, -0.2) is 4.57 Å². The van der Waals surface area contributed by atoms with Crippen LogP contribution < -0.4 is 0 Å². The molecule has 0 saturated carbocycles. The third-order valence-corrected chi connectivity index (χ3v) is 6.68. The van der Waals surface area contributed by atoms with E-state index in [4.69, 9.17) is 0 Å². The molecule has 6 aromatic carbocycles. The molecule has 140 valence electrons. The minimum Gasteiger partial charge on any atom is -0.343 e. The lowest BCUT2D eigenvalue weighted by atomic mass is 9.99. The van der Waals surface area contributed by atoms with Gasteiger partial charge >= 0.3 is 0 Å². The Morgan fingerprint density at radius 1 is 0.400 bits per heavy atom. The van der Waals surface area contributed by atoms with E-state index in [1.165, 1.54) is 64.9 Å². The first kappa shape index (κ1) is 16.0. The van der Waals surface area contributed by atoms with Gasteiger partial charge in [-0.25, -0.2) is 0 Å². The van der Waals surface area contributed by atoms with Crippen molar-refractivity contribution in [3.05, 3.63) is 97.1 Å². The van der Waals surface area contributed by atoms with Gasteiger partial charge in [0.1, 0.15) is 0 Å². The fourth-order valence-corrected chi connectivity index (χ4v) is 5.27. The minimum absolute atomic E-state index is 1.29. The van der Waals surface area contributed by atoms with Gasteiger partial charge in [-0.1, -0.05) is 72.8 Å². The van der Waals surface area contributed by atoms with Crippen molar-refractivity contribution in [3.8, 4) is 0 Å². The first-order chi connectivity index (χ1) is 14.8. The lowest BCUT2D eigenvalue weighted by Gasteiger charge is -2.07. The van der Waals surface area contributed by atoms with Gasteiger partial charge in [-0.05, 0) is 56.6 Å². The Morgan fingerprint density at radius 2 is 0.800 bits per heavy atom. The van der Waals surface area contributed by atoms with E-state index in [2.05, 4.69) is 109 Å². The van der Waals surface area contributed by atoms with Gasteiger partial charge in [0.25, 0.3) is 0 Å². The molecule has 0 radical (unpaired) electrons. The minimum atomic E-state index is 1.29. The maximum absolute atomic E-state index is 2.40. The van der Waals surface area contributed by atoms with E-state index < -0.39 is 0 Å². The van der Waals surface area contributed by atoms with Crippen molar-refractivity contribution in [2.75, 3.05) is 0 Å². The first-order valence-electron chi connectivity index (χ1n) is 10.4. The molecule has 1 aromatic heterocycles. The van der Waals surface area contributed by atoms with E-state index in [1.54, 1.807) is 0 Å². The number of aryl methyl sites for hydroxylation is 1. The normalized spacial score (nSPS) is 12.2. The van der Waals surface area contributed by atoms with Gasteiger partial charge in [-0.2, -0.15) is 0 Å². The van der Waals surface area contributed by atoms with Crippen molar-refractivity contribution in [1.29, 1.82) is 0 Å². The standard InChI is InChI=1S/C29H19N/c1-30-28-24(12-10-22-14-18-6-2-4-8-20(18)16-26(22)28)25-13-11-23-15-19-7-3-5-9-21(19)17-27(23)29(25)30/h2-17H,1H3. The molecule has 0 amide bonds. The highest BCUT2D eigenvalue weighted by Crippen LogP contribution is 2.39. The topological polar surface area (TPSA) is 4.93 Å². The van der Waals surface area contributed by atoms with Crippen LogP contribution in [-0.2, 0) is 7.05 Å². The average Bonchev–Trinajstić information content (AvgIpc) is 3.09. The van der Waals surface area contributed by atoms with Crippen molar-refractivity contribution < 1.29 is 0 Å². The monoisotopic (exact) mass is 381 g/mol. The molecule has 0 aliphatic heterocycles. The summed E-state index contributed by atoms with van der Waals surface area (Å²) in [6.45, 7) is 0. The molecule has 30 heavy (non-hydrogen) atoms. The van der Waals surface area contributed by atoms with Crippen LogP contribution in [0.5, 0.6) is 0 Å². The molecule has 7 rings (SSSR count). The van der Waals surface area contributed by atoms with Crippen LogP contribution in [0.3, 0.4) is 0 Å². The zero-order chi connectivity index (χ0) is 19.8. The molecule has 1 heteroatoms. The number of hydrogen-bond donors (Lipinski definition) is 0. The van der Waals surface area contributed by atoms with Crippen molar-refractivity contribution in [1.82, 2.24) is 4.57 Å². The molecule has 0 aliphatic rings. The second kappa shape index (κ2) is 5.61. The van der Waals surface area contributed by atoms with E-state index >= 15 is 0 Å². The van der Waals surface area contributed by atoms with Gasteiger partial charge in [0, 0.05) is 28.6 Å². The molecule has 0 saturated heterocycles. The van der Waals surface area contributed by atoms with Crippen LogP contribution in [0.25, 0.3) is 64.9 Å². The predicted octanol–water partition coefficient (Wildman–Crippen LogP) is 7.94.